The van der Waals surface area contributed by atoms with Gasteiger partial charge >= 0.3 is 6.03 Å². The minimum atomic E-state index is -0.259. The molecular formula is C11H16N2O2. The van der Waals surface area contributed by atoms with Crippen molar-refractivity contribution >= 4 is 6.03 Å². The monoisotopic (exact) mass is 208 g/mol. The van der Waals surface area contributed by atoms with Gasteiger partial charge in [0.25, 0.3) is 0 Å². The van der Waals surface area contributed by atoms with E-state index in [1.807, 2.05) is 31.2 Å². The van der Waals surface area contributed by atoms with Gasteiger partial charge in [-0.05, 0) is 12.5 Å². The smallest absolute Gasteiger partial charge is 0.315 e. The molecule has 0 aliphatic carbocycles. The second-order valence-electron chi connectivity index (χ2n) is 3.32. The lowest BCUT2D eigenvalue weighted by Gasteiger charge is -2.06. The van der Waals surface area contributed by atoms with Crippen molar-refractivity contribution in [1.29, 1.82) is 0 Å². The Morgan fingerprint density at radius 3 is 2.87 bits per heavy atom. The van der Waals surface area contributed by atoms with Crippen LogP contribution >= 0.6 is 0 Å². The summed E-state index contributed by atoms with van der Waals surface area (Å²) in [6.07, 6.45) is 0. The van der Waals surface area contributed by atoms with E-state index in [-0.39, 0.29) is 19.2 Å². The Hall–Kier alpha value is -1.55. The molecule has 0 atom stereocenters. The van der Waals surface area contributed by atoms with Crippen LogP contribution in [-0.2, 0) is 6.54 Å². The van der Waals surface area contributed by atoms with Crippen molar-refractivity contribution in [3.8, 4) is 0 Å². The molecule has 0 aromatic heterocycles. The zero-order valence-electron chi connectivity index (χ0n) is 8.79. The second-order valence-corrected chi connectivity index (χ2v) is 3.32. The molecule has 0 saturated carbocycles. The fraction of sp³-hybridized carbons (Fsp3) is 0.364. The van der Waals surface area contributed by atoms with E-state index in [1.165, 1.54) is 5.56 Å². The van der Waals surface area contributed by atoms with Gasteiger partial charge in [0.2, 0.25) is 0 Å². The first-order chi connectivity index (χ1) is 7.22. The van der Waals surface area contributed by atoms with Crippen molar-refractivity contribution in [2.45, 2.75) is 13.5 Å². The molecule has 4 heteroatoms. The van der Waals surface area contributed by atoms with Crippen LogP contribution in [0.2, 0.25) is 0 Å². The van der Waals surface area contributed by atoms with Gasteiger partial charge < -0.3 is 15.7 Å². The first kappa shape index (κ1) is 11.5. The standard InChI is InChI=1S/C11H16N2O2/c1-9-3-2-4-10(7-9)8-13-11(15)12-5-6-14/h2-4,7,14H,5-6,8H2,1H3,(H2,12,13,15). The Balaban J connectivity index is 2.33. The third kappa shape index (κ3) is 4.46. The van der Waals surface area contributed by atoms with Gasteiger partial charge in [-0.15, -0.1) is 0 Å². The molecule has 0 aliphatic heterocycles. The molecule has 0 saturated heterocycles. The maximum Gasteiger partial charge on any atom is 0.315 e. The van der Waals surface area contributed by atoms with E-state index in [1.54, 1.807) is 0 Å². The van der Waals surface area contributed by atoms with Crippen molar-refractivity contribution < 1.29 is 9.90 Å². The molecule has 3 N–H and O–H groups in total. The van der Waals surface area contributed by atoms with Gasteiger partial charge in [0.1, 0.15) is 0 Å². The minimum Gasteiger partial charge on any atom is -0.395 e. The number of carbonyl (C=O) groups is 1. The summed E-state index contributed by atoms with van der Waals surface area (Å²) in [7, 11) is 0. The summed E-state index contributed by atoms with van der Waals surface area (Å²) >= 11 is 0. The summed E-state index contributed by atoms with van der Waals surface area (Å²) in [6, 6.07) is 7.68. The highest BCUT2D eigenvalue weighted by molar-refractivity contribution is 5.73. The van der Waals surface area contributed by atoms with Crippen molar-refractivity contribution in [2.24, 2.45) is 0 Å². The van der Waals surface area contributed by atoms with Crippen LogP contribution in [0.5, 0.6) is 0 Å². The topological polar surface area (TPSA) is 61.4 Å². The molecule has 1 aromatic carbocycles. The number of carbonyl (C=O) groups excluding carboxylic acids is 1. The van der Waals surface area contributed by atoms with E-state index >= 15 is 0 Å². The number of amides is 2. The highest BCUT2D eigenvalue weighted by Gasteiger charge is 1.98. The van der Waals surface area contributed by atoms with Crippen molar-refractivity contribution in [3.63, 3.8) is 0 Å². The highest BCUT2D eigenvalue weighted by Crippen LogP contribution is 2.02. The lowest BCUT2D eigenvalue weighted by molar-refractivity contribution is 0.234. The quantitative estimate of drug-likeness (QED) is 0.685. The number of aliphatic hydroxyl groups excluding tert-OH is 1. The first-order valence-electron chi connectivity index (χ1n) is 4.90. The number of hydrogen-bond donors (Lipinski definition) is 3. The summed E-state index contributed by atoms with van der Waals surface area (Å²) in [5.41, 5.74) is 2.24. The number of aliphatic hydroxyl groups is 1. The molecule has 82 valence electrons. The van der Waals surface area contributed by atoms with E-state index < -0.39 is 0 Å². The number of rotatable bonds is 4. The van der Waals surface area contributed by atoms with E-state index in [0.29, 0.717) is 6.54 Å². The van der Waals surface area contributed by atoms with Gasteiger partial charge in [-0.1, -0.05) is 29.8 Å². The van der Waals surface area contributed by atoms with Crippen LogP contribution in [0.15, 0.2) is 24.3 Å². The summed E-state index contributed by atoms with van der Waals surface area (Å²) in [4.78, 5) is 11.1. The zero-order valence-corrected chi connectivity index (χ0v) is 8.79. The van der Waals surface area contributed by atoms with E-state index in [9.17, 15) is 4.79 Å². The lowest BCUT2D eigenvalue weighted by atomic mass is 10.1. The number of urea groups is 1. The Morgan fingerprint density at radius 2 is 2.20 bits per heavy atom. The fourth-order valence-electron chi connectivity index (χ4n) is 1.24. The molecule has 0 fully saturated rings. The normalized spacial score (nSPS) is 9.73. The van der Waals surface area contributed by atoms with Crippen molar-refractivity contribution in [2.75, 3.05) is 13.2 Å². The predicted molar refractivity (Wildman–Crippen MR) is 58.5 cm³/mol. The van der Waals surface area contributed by atoms with E-state index in [2.05, 4.69) is 10.6 Å². The molecule has 0 bridgehead atoms. The van der Waals surface area contributed by atoms with Gasteiger partial charge in [0, 0.05) is 13.1 Å². The lowest BCUT2D eigenvalue weighted by Crippen LogP contribution is -2.36. The maximum atomic E-state index is 11.1. The summed E-state index contributed by atoms with van der Waals surface area (Å²) in [5, 5.41) is 13.7. The van der Waals surface area contributed by atoms with E-state index in [4.69, 9.17) is 5.11 Å². The van der Waals surface area contributed by atoms with Crippen molar-refractivity contribution in [1.82, 2.24) is 10.6 Å². The Bertz CT molecular complexity index is 326. The van der Waals surface area contributed by atoms with Gasteiger partial charge in [-0.2, -0.15) is 0 Å². The summed E-state index contributed by atoms with van der Waals surface area (Å²) in [6.45, 7) is 2.74. The molecule has 0 aliphatic rings. The molecule has 0 unspecified atom stereocenters. The van der Waals surface area contributed by atoms with Gasteiger partial charge in [-0.25, -0.2) is 4.79 Å². The molecule has 15 heavy (non-hydrogen) atoms. The van der Waals surface area contributed by atoms with E-state index in [0.717, 1.165) is 5.56 Å². The van der Waals surface area contributed by atoms with Crippen LogP contribution in [0.1, 0.15) is 11.1 Å². The second kappa shape index (κ2) is 6.03. The summed E-state index contributed by atoms with van der Waals surface area (Å²) < 4.78 is 0. The first-order valence-corrected chi connectivity index (χ1v) is 4.90. The van der Waals surface area contributed by atoms with Crippen LogP contribution in [-0.4, -0.2) is 24.3 Å². The highest BCUT2D eigenvalue weighted by atomic mass is 16.3. The average Bonchev–Trinajstić information content (AvgIpc) is 2.23. The number of aryl methyl sites for hydroxylation is 1. The number of benzene rings is 1. The molecular weight excluding hydrogens is 192 g/mol. The molecule has 4 nitrogen and oxygen atoms in total. The van der Waals surface area contributed by atoms with Gasteiger partial charge in [0.15, 0.2) is 0 Å². The van der Waals surface area contributed by atoms with Crippen LogP contribution < -0.4 is 10.6 Å². The maximum absolute atomic E-state index is 11.1. The molecule has 0 heterocycles. The average molecular weight is 208 g/mol. The fourth-order valence-corrected chi connectivity index (χ4v) is 1.24. The van der Waals surface area contributed by atoms with Crippen LogP contribution in [0.3, 0.4) is 0 Å². The van der Waals surface area contributed by atoms with Gasteiger partial charge in [-0.3, -0.25) is 0 Å². The molecule has 1 aromatic rings. The Labute approximate surface area is 89.3 Å². The predicted octanol–water partition coefficient (Wildman–Crippen LogP) is 0.787. The molecule has 0 spiro atoms. The molecule has 2 amide bonds. The SMILES string of the molecule is Cc1cccc(CNC(=O)NCCO)c1. The van der Waals surface area contributed by atoms with Crippen LogP contribution in [0.4, 0.5) is 4.79 Å². The summed E-state index contributed by atoms with van der Waals surface area (Å²) in [5.74, 6) is 0. The third-order valence-corrected chi connectivity index (χ3v) is 1.93. The Kier molecular flexibility index (Phi) is 4.63. The van der Waals surface area contributed by atoms with Gasteiger partial charge in [0.05, 0.1) is 6.61 Å². The molecule has 0 radical (unpaired) electrons. The zero-order chi connectivity index (χ0) is 11.1. The van der Waals surface area contributed by atoms with Crippen molar-refractivity contribution in [3.05, 3.63) is 35.4 Å². The minimum absolute atomic E-state index is 0.0438. The largest absolute Gasteiger partial charge is 0.395 e. The molecule has 1 rings (SSSR count). The van der Waals surface area contributed by atoms with Crippen LogP contribution in [0, 0.1) is 6.92 Å². The third-order valence-electron chi connectivity index (χ3n) is 1.93. The Morgan fingerprint density at radius 1 is 1.40 bits per heavy atom. The number of nitrogens with one attached hydrogen (secondary N) is 2. The number of hydrogen-bond acceptors (Lipinski definition) is 2. The van der Waals surface area contributed by atoms with Crippen LogP contribution in [0.25, 0.3) is 0 Å².